The van der Waals surface area contributed by atoms with E-state index in [1.54, 1.807) is 11.3 Å². The lowest BCUT2D eigenvalue weighted by molar-refractivity contribution is 0.0183. The fourth-order valence-electron chi connectivity index (χ4n) is 1.56. The van der Waals surface area contributed by atoms with Crippen molar-refractivity contribution in [1.82, 2.24) is 10.3 Å². The lowest BCUT2D eigenvalue weighted by Crippen LogP contribution is -2.24. The lowest BCUT2D eigenvalue weighted by Gasteiger charge is -2.12. The van der Waals surface area contributed by atoms with Gasteiger partial charge in [-0.05, 0) is 20.8 Å². The summed E-state index contributed by atoms with van der Waals surface area (Å²) in [5.74, 6) is 0. The summed E-state index contributed by atoms with van der Waals surface area (Å²) in [4.78, 5) is 5.62. The van der Waals surface area contributed by atoms with Gasteiger partial charge < -0.3 is 10.1 Å². The van der Waals surface area contributed by atoms with E-state index in [4.69, 9.17) is 4.74 Å². The van der Waals surface area contributed by atoms with E-state index >= 15 is 0 Å². The molecule has 0 amide bonds. The fourth-order valence-corrected chi connectivity index (χ4v) is 2.48. The molecule has 6 heteroatoms. The Morgan fingerprint density at radius 2 is 2.12 bits per heavy atom. The third kappa shape index (κ3) is 5.06. The molecule has 0 saturated heterocycles. The van der Waals surface area contributed by atoms with Crippen LogP contribution in [0.3, 0.4) is 0 Å². The van der Waals surface area contributed by atoms with E-state index in [9.17, 15) is 8.78 Å². The Labute approximate surface area is 104 Å². The van der Waals surface area contributed by atoms with Crippen molar-refractivity contribution in [2.75, 3.05) is 19.8 Å². The van der Waals surface area contributed by atoms with Crippen LogP contribution in [0.1, 0.15) is 28.5 Å². The van der Waals surface area contributed by atoms with Gasteiger partial charge in [0.15, 0.2) is 0 Å². The highest BCUT2D eigenvalue weighted by molar-refractivity contribution is 7.11. The molecule has 0 bridgehead atoms. The van der Waals surface area contributed by atoms with E-state index in [1.807, 2.05) is 20.8 Å². The van der Waals surface area contributed by atoms with Crippen LogP contribution in [0.25, 0.3) is 0 Å². The minimum Gasteiger partial charge on any atom is -0.374 e. The summed E-state index contributed by atoms with van der Waals surface area (Å²) in [5.41, 5.74) is 1.03. The fraction of sp³-hybridized carbons (Fsp3) is 0.727. The Balaban J connectivity index is 2.25. The Bertz CT molecular complexity index is 344. The highest BCUT2D eigenvalue weighted by Gasteiger charge is 2.12. The monoisotopic (exact) mass is 264 g/mol. The van der Waals surface area contributed by atoms with Crippen molar-refractivity contribution in [3.63, 3.8) is 0 Å². The third-order valence-corrected chi connectivity index (χ3v) is 3.19. The maximum absolute atomic E-state index is 11.8. The largest absolute Gasteiger partial charge is 0.374 e. The zero-order chi connectivity index (χ0) is 12.8. The number of nitrogens with zero attached hydrogens (tertiary/aromatic N) is 1. The summed E-state index contributed by atoms with van der Waals surface area (Å²) in [7, 11) is 0. The van der Waals surface area contributed by atoms with Crippen LogP contribution in [0, 0.1) is 13.8 Å². The van der Waals surface area contributed by atoms with Gasteiger partial charge >= 0.3 is 0 Å². The molecule has 0 radical (unpaired) electrons. The quantitative estimate of drug-likeness (QED) is 0.769. The van der Waals surface area contributed by atoms with E-state index in [0.29, 0.717) is 6.54 Å². The van der Waals surface area contributed by atoms with E-state index in [2.05, 4.69) is 10.3 Å². The minimum atomic E-state index is -2.39. The Hall–Kier alpha value is -0.590. The highest BCUT2D eigenvalue weighted by atomic mass is 32.1. The summed E-state index contributed by atoms with van der Waals surface area (Å²) in [6, 6.07) is 0.120. The smallest absolute Gasteiger partial charge is 0.261 e. The van der Waals surface area contributed by atoms with Gasteiger partial charge in [0.05, 0.1) is 17.3 Å². The minimum absolute atomic E-state index is 0.120. The predicted octanol–water partition coefficient (Wildman–Crippen LogP) is 2.69. The number of rotatable bonds is 7. The molecule has 0 saturated carbocycles. The molecule has 1 aromatic heterocycles. The summed E-state index contributed by atoms with van der Waals surface area (Å²) in [5, 5.41) is 4.24. The van der Waals surface area contributed by atoms with Gasteiger partial charge in [-0.25, -0.2) is 13.8 Å². The standard InChI is InChI=1S/C11H18F2N2OS/c1-7(11-8(2)17-9(3)15-11)14-4-5-16-6-10(12)13/h7,10,14H,4-6H2,1-3H3. The molecule has 0 fully saturated rings. The predicted molar refractivity (Wildman–Crippen MR) is 64.8 cm³/mol. The molecule has 17 heavy (non-hydrogen) atoms. The van der Waals surface area contributed by atoms with Gasteiger partial charge in [0.2, 0.25) is 0 Å². The molecule has 1 atom stereocenters. The van der Waals surface area contributed by atoms with E-state index < -0.39 is 13.0 Å². The van der Waals surface area contributed by atoms with E-state index in [1.165, 1.54) is 4.88 Å². The number of nitrogens with one attached hydrogen (secondary N) is 1. The van der Waals surface area contributed by atoms with Gasteiger partial charge in [-0.1, -0.05) is 0 Å². The van der Waals surface area contributed by atoms with Crippen LogP contribution < -0.4 is 5.32 Å². The topological polar surface area (TPSA) is 34.2 Å². The summed E-state index contributed by atoms with van der Waals surface area (Å²) in [6.07, 6.45) is -2.39. The van der Waals surface area contributed by atoms with Crippen molar-refractivity contribution < 1.29 is 13.5 Å². The van der Waals surface area contributed by atoms with Crippen LogP contribution in [0.15, 0.2) is 0 Å². The molecule has 3 nitrogen and oxygen atoms in total. The number of thiazole rings is 1. The van der Waals surface area contributed by atoms with E-state index in [0.717, 1.165) is 10.7 Å². The molecular weight excluding hydrogens is 246 g/mol. The Morgan fingerprint density at radius 1 is 1.41 bits per heavy atom. The Morgan fingerprint density at radius 3 is 2.65 bits per heavy atom. The van der Waals surface area contributed by atoms with Crippen LogP contribution in [0.4, 0.5) is 8.78 Å². The zero-order valence-corrected chi connectivity index (χ0v) is 11.1. The van der Waals surface area contributed by atoms with E-state index in [-0.39, 0.29) is 12.6 Å². The lowest BCUT2D eigenvalue weighted by atomic mass is 10.2. The molecular formula is C11H18F2N2OS. The molecule has 0 aliphatic rings. The van der Waals surface area contributed by atoms with Crippen LogP contribution in [-0.4, -0.2) is 31.2 Å². The van der Waals surface area contributed by atoms with Crippen molar-refractivity contribution in [3.8, 4) is 0 Å². The van der Waals surface area contributed by atoms with Crippen molar-refractivity contribution in [2.45, 2.75) is 33.2 Å². The van der Waals surface area contributed by atoms with Gasteiger partial charge in [0.1, 0.15) is 6.61 Å². The summed E-state index contributed by atoms with van der Waals surface area (Å²) in [6.45, 7) is 6.35. The number of ether oxygens (including phenoxy) is 1. The number of halogens is 2. The molecule has 0 spiro atoms. The van der Waals surface area contributed by atoms with Gasteiger partial charge in [-0.2, -0.15) is 0 Å². The van der Waals surface area contributed by atoms with Crippen molar-refractivity contribution in [3.05, 3.63) is 15.6 Å². The number of aryl methyl sites for hydroxylation is 2. The molecule has 1 heterocycles. The van der Waals surface area contributed by atoms with Gasteiger partial charge in [-0.15, -0.1) is 11.3 Å². The average Bonchev–Trinajstić information content (AvgIpc) is 2.56. The normalized spacial score (nSPS) is 13.3. The van der Waals surface area contributed by atoms with Crippen LogP contribution in [0.2, 0.25) is 0 Å². The summed E-state index contributed by atoms with van der Waals surface area (Å²) < 4.78 is 28.4. The van der Waals surface area contributed by atoms with Gasteiger partial charge in [-0.3, -0.25) is 0 Å². The first-order valence-corrected chi connectivity index (χ1v) is 6.35. The van der Waals surface area contributed by atoms with Gasteiger partial charge in [0.25, 0.3) is 6.43 Å². The number of hydrogen-bond acceptors (Lipinski definition) is 4. The van der Waals surface area contributed by atoms with Crippen LogP contribution >= 0.6 is 11.3 Å². The van der Waals surface area contributed by atoms with Crippen molar-refractivity contribution >= 4 is 11.3 Å². The third-order valence-electron chi connectivity index (χ3n) is 2.29. The summed E-state index contributed by atoms with van der Waals surface area (Å²) >= 11 is 1.66. The molecule has 0 aromatic carbocycles. The molecule has 1 unspecified atom stereocenters. The second-order valence-corrected chi connectivity index (χ2v) is 5.22. The molecule has 98 valence electrons. The highest BCUT2D eigenvalue weighted by Crippen LogP contribution is 2.22. The van der Waals surface area contributed by atoms with Crippen molar-refractivity contribution in [1.29, 1.82) is 0 Å². The molecule has 1 aromatic rings. The van der Waals surface area contributed by atoms with Crippen LogP contribution in [-0.2, 0) is 4.74 Å². The molecule has 1 N–H and O–H groups in total. The average molecular weight is 264 g/mol. The van der Waals surface area contributed by atoms with Gasteiger partial charge in [0, 0.05) is 17.5 Å². The Kier molecular flexibility index (Phi) is 5.94. The molecule has 0 aliphatic heterocycles. The number of aromatic nitrogens is 1. The zero-order valence-electron chi connectivity index (χ0n) is 10.3. The first kappa shape index (κ1) is 14.5. The maximum Gasteiger partial charge on any atom is 0.261 e. The second kappa shape index (κ2) is 6.98. The first-order chi connectivity index (χ1) is 8.00. The second-order valence-electron chi connectivity index (χ2n) is 3.82. The SMILES string of the molecule is Cc1nc(C(C)NCCOCC(F)F)c(C)s1. The first-order valence-electron chi connectivity index (χ1n) is 5.54. The number of alkyl halides is 2. The number of hydrogen-bond donors (Lipinski definition) is 1. The maximum atomic E-state index is 11.8. The van der Waals surface area contributed by atoms with Crippen LogP contribution in [0.5, 0.6) is 0 Å². The molecule has 1 rings (SSSR count). The molecule has 0 aliphatic carbocycles. The van der Waals surface area contributed by atoms with Crippen molar-refractivity contribution in [2.24, 2.45) is 0 Å².